The number of benzene rings is 2. The Kier molecular flexibility index (Phi) is 9.03. The third kappa shape index (κ3) is 6.28. The number of nitrogens with zero attached hydrogens (tertiary/aromatic N) is 1. The first-order chi connectivity index (χ1) is 17.5. The number of amides is 3. The molecule has 1 heterocycles. The monoisotopic (exact) mass is 509 g/mol. The van der Waals surface area contributed by atoms with Crippen molar-refractivity contribution in [3.63, 3.8) is 0 Å². The van der Waals surface area contributed by atoms with E-state index in [0.717, 1.165) is 49.7 Å². The van der Waals surface area contributed by atoms with Gasteiger partial charge >= 0.3 is 0 Å². The molecule has 2 fully saturated rings. The maximum absolute atomic E-state index is 13.9. The highest BCUT2D eigenvalue weighted by Crippen LogP contribution is 2.29. The molecule has 3 amide bonds. The van der Waals surface area contributed by atoms with Crippen molar-refractivity contribution in [3.8, 4) is 0 Å². The first-order valence-corrected chi connectivity index (χ1v) is 13.5. The fourth-order valence-electron chi connectivity index (χ4n) is 5.52. The average molecular weight is 510 g/mol. The summed E-state index contributed by atoms with van der Waals surface area (Å²) in [5, 5.41) is 6.76. The van der Waals surface area contributed by atoms with Gasteiger partial charge in [-0.2, -0.15) is 0 Å². The van der Waals surface area contributed by atoms with Gasteiger partial charge in [-0.05, 0) is 68.2 Å². The second kappa shape index (κ2) is 12.4. The van der Waals surface area contributed by atoms with Gasteiger partial charge in [0.25, 0.3) is 5.91 Å². The van der Waals surface area contributed by atoms with Gasteiger partial charge in [0, 0.05) is 23.7 Å². The van der Waals surface area contributed by atoms with Crippen molar-refractivity contribution in [2.75, 3.05) is 13.1 Å². The highest BCUT2D eigenvalue weighted by atomic mass is 35.5. The standard InChI is InChI=1S/C29H36ClN3O3/c1-20-10-5-7-14-23(20)27(34)32-26(22-12-3-2-4-13-22)29(36)33-19-9-16-25(33)28(35)31-18-17-21-11-6-8-15-24(21)30/h5-8,10-11,14-15,22,25-26H,2-4,9,12-13,16-19H2,1H3,(H,31,35)(H,32,34)/t25-,26-/m0/s1. The molecule has 2 aliphatic rings. The molecule has 0 radical (unpaired) electrons. The number of rotatable bonds is 8. The van der Waals surface area contributed by atoms with Gasteiger partial charge < -0.3 is 15.5 Å². The normalized spacial score (nSPS) is 19.1. The summed E-state index contributed by atoms with van der Waals surface area (Å²) in [7, 11) is 0. The first kappa shape index (κ1) is 26.2. The number of halogens is 1. The van der Waals surface area contributed by atoms with Crippen molar-refractivity contribution in [1.82, 2.24) is 15.5 Å². The molecule has 4 rings (SSSR count). The summed E-state index contributed by atoms with van der Waals surface area (Å²) < 4.78 is 0. The minimum Gasteiger partial charge on any atom is -0.354 e. The summed E-state index contributed by atoms with van der Waals surface area (Å²) in [4.78, 5) is 41.8. The molecule has 192 valence electrons. The molecular formula is C29H36ClN3O3. The molecule has 1 saturated carbocycles. The van der Waals surface area contributed by atoms with Crippen LogP contribution in [-0.4, -0.2) is 47.8 Å². The summed E-state index contributed by atoms with van der Waals surface area (Å²) in [5.41, 5.74) is 2.44. The van der Waals surface area contributed by atoms with E-state index in [0.29, 0.717) is 36.5 Å². The summed E-state index contributed by atoms with van der Waals surface area (Å²) in [6.45, 7) is 2.89. The molecule has 36 heavy (non-hydrogen) atoms. The Hall–Kier alpha value is -2.86. The van der Waals surface area contributed by atoms with Crippen molar-refractivity contribution in [1.29, 1.82) is 0 Å². The van der Waals surface area contributed by atoms with Crippen molar-refractivity contribution in [2.45, 2.75) is 70.4 Å². The number of hydrogen-bond acceptors (Lipinski definition) is 3. The van der Waals surface area contributed by atoms with Crippen LogP contribution in [0, 0.1) is 12.8 Å². The third-order valence-electron chi connectivity index (χ3n) is 7.55. The molecule has 2 aromatic carbocycles. The smallest absolute Gasteiger partial charge is 0.252 e. The summed E-state index contributed by atoms with van der Waals surface area (Å²) in [6.07, 6.45) is 7.12. The minimum absolute atomic E-state index is 0.0868. The largest absolute Gasteiger partial charge is 0.354 e. The number of carbonyl (C=O) groups excluding carboxylic acids is 3. The van der Waals surface area contributed by atoms with Crippen LogP contribution in [-0.2, 0) is 16.0 Å². The fraction of sp³-hybridized carbons (Fsp3) is 0.483. The molecule has 2 N–H and O–H groups in total. The molecule has 6 nitrogen and oxygen atoms in total. The molecule has 1 saturated heterocycles. The van der Waals surface area contributed by atoms with E-state index in [1.807, 2.05) is 49.4 Å². The molecule has 0 spiro atoms. The summed E-state index contributed by atoms with van der Waals surface area (Å²) in [5.74, 6) is -0.408. The van der Waals surface area contributed by atoms with Crippen molar-refractivity contribution in [2.24, 2.45) is 5.92 Å². The Balaban J connectivity index is 1.44. The predicted octanol–water partition coefficient (Wildman–Crippen LogP) is 4.68. The van der Waals surface area contributed by atoms with Gasteiger partial charge in [0.1, 0.15) is 12.1 Å². The quantitative estimate of drug-likeness (QED) is 0.542. The van der Waals surface area contributed by atoms with E-state index in [1.165, 1.54) is 0 Å². The van der Waals surface area contributed by atoms with Crippen LogP contribution in [0.25, 0.3) is 0 Å². The SMILES string of the molecule is Cc1ccccc1C(=O)N[C@H](C(=O)N1CCC[C@H]1C(=O)NCCc1ccccc1Cl)C1CCCCC1. The lowest BCUT2D eigenvalue weighted by molar-refractivity contribution is -0.141. The maximum Gasteiger partial charge on any atom is 0.252 e. The Morgan fingerprint density at radius 3 is 2.44 bits per heavy atom. The zero-order valence-corrected chi connectivity index (χ0v) is 21.7. The van der Waals surface area contributed by atoms with E-state index in [4.69, 9.17) is 11.6 Å². The average Bonchev–Trinajstić information content (AvgIpc) is 3.39. The van der Waals surface area contributed by atoms with E-state index in [-0.39, 0.29) is 23.6 Å². The summed E-state index contributed by atoms with van der Waals surface area (Å²) in [6, 6.07) is 13.9. The van der Waals surface area contributed by atoms with E-state index in [2.05, 4.69) is 10.6 Å². The molecule has 7 heteroatoms. The second-order valence-electron chi connectivity index (χ2n) is 9.99. The van der Waals surface area contributed by atoms with Crippen LogP contribution in [0.15, 0.2) is 48.5 Å². The van der Waals surface area contributed by atoms with Gasteiger partial charge in [-0.25, -0.2) is 0 Å². The first-order valence-electron chi connectivity index (χ1n) is 13.1. The molecule has 2 atom stereocenters. The van der Waals surface area contributed by atoms with Crippen LogP contribution < -0.4 is 10.6 Å². The number of hydrogen-bond donors (Lipinski definition) is 2. The molecule has 1 aliphatic carbocycles. The van der Waals surface area contributed by atoms with Crippen molar-refractivity contribution in [3.05, 3.63) is 70.2 Å². The molecule has 1 aliphatic heterocycles. The van der Waals surface area contributed by atoms with Crippen LogP contribution in [0.2, 0.25) is 5.02 Å². The van der Waals surface area contributed by atoms with Gasteiger partial charge in [-0.1, -0.05) is 67.3 Å². The molecule has 0 bridgehead atoms. The zero-order chi connectivity index (χ0) is 25.5. The van der Waals surface area contributed by atoms with Crippen LogP contribution in [0.4, 0.5) is 0 Å². The van der Waals surface area contributed by atoms with Crippen molar-refractivity contribution < 1.29 is 14.4 Å². The lowest BCUT2D eigenvalue weighted by Gasteiger charge is -2.34. The third-order valence-corrected chi connectivity index (χ3v) is 7.92. The van der Waals surface area contributed by atoms with Gasteiger partial charge in [-0.15, -0.1) is 0 Å². The lowest BCUT2D eigenvalue weighted by Crippen LogP contribution is -2.56. The number of carbonyl (C=O) groups is 3. The second-order valence-corrected chi connectivity index (χ2v) is 10.4. The van der Waals surface area contributed by atoms with Gasteiger partial charge in [-0.3, -0.25) is 14.4 Å². The van der Waals surface area contributed by atoms with Gasteiger partial charge in [0.05, 0.1) is 0 Å². The minimum atomic E-state index is -0.617. The Bertz CT molecular complexity index is 1080. The van der Waals surface area contributed by atoms with E-state index in [1.54, 1.807) is 11.0 Å². The fourth-order valence-corrected chi connectivity index (χ4v) is 5.75. The number of nitrogens with one attached hydrogen (secondary N) is 2. The molecule has 0 aromatic heterocycles. The highest BCUT2D eigenvalue weighted by molar-refractivity contribution is 6.31. The lowest BCUT2D eigenvalue weighted by atomic mass is 9.83. The van der Waals surface area contributed by atoms with Gasteiger partial charge in [0.15, 0.2) is 0 Å². The van der Waals surface area contributed by atoms with E-state index >= 15 is 0 Å². The van der Waals surface area contributed by atoms with Gasteiger partial charge in [0.2, 0.25) is 11.8 Å². The summed E-state index contributed by atoms with van der Waals surface area (Å²) >= 11 is 6.24. The van der Waals surface area contributed by atoms with Crippen molar-refractivity contribution >= 4 is 29.3 Å². The number of aryl methyl sites for hydroxylation is 1. The predicted molar refractivity (Wildman–Crippen MR) is 142 cm³/mol. The Morgan fingerprint density at radius 2 is 1.69 bits per heavy atom. The molecular weight excluding hydrogens is 474 g/mol. The van der Waals surface area contributed by atoms with Crippen LogP contribution in [0.1, 0.15) is 66.4 Å². The van der Waals surface area contributed by atoms with Crippen LogP contribution in [0.3, 0.4) is 0 Å². The van der Waals surface area contributed by atoms with E-state index in [9.17, 15) is 14.4 Å². The zero-order valence-electron chi connectivity index (χ0n) is 21.0. The topological polar surface area (TPSA) is 78.5 Å². The highest BCUT2D eigenvalue weighted by Gasteiger charge is 2.40. The Labute approximate surface area is 218 Å². The Morgan fingerprint density at radius 1 is 0.972 bits per heavy atom. The molecule has 0 unspecified atom stereocenters. The maximum atomic E-state index is 13.9. The number of likely N-dealkylation sites (tertiary alicyclic amines) is 1. The van der Waals surface area contributed by atoms with Crippen LogP contribution >= 0.6 is 11.6 Å². The molecule has 2 aromatic rings. The van der Waals surface area contributed by atoms with E-state index < -0.39 is 12.1 Å². The van der Waals surface area contributed by atoms with Crippen LogP contribution in [0.5, 0.6) is 0 Å².